The third-order valence-corrected chi connectivity index (χ3v) is 5.39. The first-order valence-corrected chi connectivity index (χ1v) is 9.66. The zero-order chi connectivity index (χ0) is 18.8. The van der Waals surface area contributed by atoms with Crippen molar-refractivity contribution in [3.8, 4) is 0 Å². The van der Waals surface area contributed by atoms with Crippen LogP contribution in [0.2, 0.25) is 0 Å². The molecule has 2 aliphatic rings. The fraction of sp³-hybridized carbons (Fsp3) is 0.364. The second-order valence-corrected chi connectivity index (χ2v) is 7.49. The summed E-state index contributed by atoms with van der Waals surface area (Å²) >= 11 is 0. The number of carbonyl (C=O) groups excluding carboxylic acids is 2. The Morgan fingerprint density at radius 3 is 2.52 bits per heavy atom. The van der Waals surface area contributed by atoms with Gasteiger partial charge in [0.2, 0.25) is 5.91 Å². The van der Waals surface area contributed by atoms with Crippen molar-refractivity contribution in [2.75, 3.05) is 17.2 Å². The Bertz CT molecular complexity index is 846. The predicted molar refractivity (Wildman–Crippen MR) is 107 cm³/mol. The van der Waals surface area contributed by atoms with Crippen LogP contribution in [0.3, 0.4) is 0 Å². The predicted octanol–water partition coefficient (Wildman–Crippen LogP) is 4.71. The van der Waals surface area contributed by atoms with Crippen LogP contribution < -0.4 is 10.6 Å². The summed E-state index contributed by atoms with van der Waals surface area (Å²) in [5.41, 5.74) is 3.62. The maximum Gasteiger partial charge on any atom is 0.322 e. The number of carbonyl (C=O) groups is 2. The molecule has 2 aromatic rings. The van der Waals surface area contributed by atoms with Gasteiger partial charge in [-0.25, -0.2) is 4.79 Å². The molecule has 0 spiro atoms. The third kappa shape index (κ3) is 3.97. The van der Waals surface area contributed by atoms with Crippen LogP contribution in [0.15, 0.2) is 48.5 Å². The van der Waals surface area contributed by atoms with Gasteiger partial charge in [0.25, 0.3) is 0 Å². The fourth-order valence-electron chi connectivity index (χ4n) is 3.64. The third-order valence-electron chi connectivity index (χ3n) is 5.39. The van der Waals surface area contributed by atoms with Crippen molar-refractivity contribution in [2.24, 2.45) is 5.92 Å². The SMILES string of the molecule is Cc1ccc(NC(=O)C2CC2)cc1NC(=O)N1CCCC1c1ccccc1. The van der Waals surface area contributed by atoms with Crippen molar-refractivity contribution in [3.05, 3.63) is 59.7 Å². The van der Waals surface area contributed by atoms with Crippen LogP contribution in [-0.2, 0) is 4.79 Å². The highest BCUT2D eigenvalue weighted by Crippen LogP contribution is 2.33. The minimum absolute atomic E-state index is 0.0693. The second kappa shape index (κ2) is 7.43. The Morgan fingerprint density at radius 2 is 1.78 bits per heavy atom. The number of hydrogen-bond donors (Lipinski definition) is 2. The molecule has 1 saturated carbocycles. The van der Waals surface area contributed by atoms with Gasteiger partial charge in [-0.15, -0.1) is 0 Å². The quantitative estimate of drug-likeness (QED) is 0.826. The van der Waals surface area contributed by atoms with Gasteiger partial charge in [0, 0.05) is 23.8 Å². The molecule has 1 unspecified atom stereocenters. The molecular formula is C22H25N3O2. The van der Waals surface area contributed by atoms with E-state index in [-0.39, 0.29) is 23.9 Å². The zero-order valence-corrected chi connectivity index (χ0v) is 15.6. The van der Waals surface area contributed by atoms with Gasteiger partial charge in [-0.05, 0) is 55.9 Å². The normalized spacial score (nSPS) is 19.0. The Balaban J connectivity index is 1.47. The highest BCUT2D eigenvalue weighted by Gasteiger charge is 2.31. The number of nitrogens with one attached hydrogen (secondary N) is 2. The molecule has 2 aromatic carbocycles. The Morgan fingerprint density at radius 1 is 1.00 bits per heavy atom. The highest BCUT2D eigenvalue weighted by atomic mass is 16.2. The van der Waals surface area contributed by atoms with Crippen LogP contribution in [-0.4, -0.2) is 23.4 Å². The number of nitrogens with zero attached hydrogens (tertiary/aromatic N) is 1. The molecule has 1 aliphatic carbocycles. The minimum atomic E-state index is -0.0878. The summed E-state index contributed by atoms with van der Waals surface area (Å²) < 4.78 is 0. The van der Waals surface area contributed by atoms with Gasteiger partial charge >= 0.3 is 6.03 Å². The molecule has 1 atom stereocenters. The summed E-state index contributed by atoms with van der Waals surface area (Å²) in [6, 6.07) is 15.9. The van der Waals surface area contributed by atoms with Crippen molar-refractivity contribution in [2.45, 2.75) is 38.6 Å². The lowest BCUT2D eigenvalue weighted by Crippen LogP contribution is -2.34. The first-order chi connectivity index (χ1) is 13.1. The van der Waals surface area contributed by atoms with Crippen LogP contribution in [0.5, 0.6) is 0 Å². The molecule has 5 nitrogen and oxygen atoms in total. The standard InChI is InChI=1S/C22H25N3O2/c1-15-9-12-18(23-21(26)17-10-11-17)14-19(15)24-22(27)25-13-5-8-20(25)16-6-3-2-4-7-16/h2-4,6-7,9,12,14,17,20H,5,8,10-11,13H2,1H3,(H,23,26)(H,24,27). The number of amides is 3. The lowest BCUT2D eigenvalue weighted by Gasteiger charge is -2.26. The number of hydrogen-bond acceptors (Lipinski definition) is 2. The van der Waals surface area contributed by atoms with E-state index >= 15 is 0 Å². The van der Waals surface area contributed by atoms with Crippen molar-refractivity contribution in [1.82, 2.24) is 4.90 Å². The molecule has 0 aromatic heterocycles. The molecule has 0 radical (unpaired) electrons. The lowest BCUT2D eigenvalue weighted by atomic mass is 10.1. The van der Waals surface area contributed by atoms with E-state index in [2.05, 4.69) is 22.8 Å². The summed E-state index contributed by atoms with van der Waals surface area (Å²) in [4.78, 5) is 26.8. The van der Waals surface area contributed by atoms with E-state index in [0.717, 1.165) is 49.2 Å². The summed E-state index contributed by atoms with van der Waals surface area (Å²) in [7, 11) is 0. The van der Waals surface area contributed by atoms with Gasteiger partial charge in [-0.1, -0.05) is 36.4 Å². The van der Waals surface area contributed by atoms with Crippen LogP contribution in [0.4, 0.5) is 16.2 Å². The highest BCUT2D eigenvalue weighted by molar-refractivity contribution is 5.96. The first kappa shape index (κ1) is 17.6. The lowest BCUT2D eigenvalue weighted by molar-refractivity contribution is -0.117. The monoisotopic (exact) mass is 363 g/mol. The molecule has 2 N–H and O–H groups in total. The van der Waals surface area contributed by atoms with Crippen molar-refractivity contribution >= 4 is 23.3 Å². The number of urea groups is 1. The van der Waals surface area contributed by atoms with Crippen molar-refractivity contribution < 1.29 is 9.59 Å². The number of anilines is 2. The first-order valence-electron chi connectivity index (χ1n) is 9.66. The molecule has 27 heavy (non-hydrogen) atoms. The van der Waals surface area contributed by atoms with Crippen LogP contribution >= 0.6 is 0 Å². The Labute approximate surface area is 159 Å². The Hall–Kier alpha value is -2.82. The van der Waals surface area contributed by atoms with Gasteiger partial charge in [-0.3, -0.25) is 4.79 Å². The van der Waals surface area contributed by atoms with E-state index in [1.165, 1.54) is 5.56 Å². The zero-order valence-electron chi connectivity index (χ0n) is 15.6. The molecule has 1 aliphatic heterocycles. The van der Waals surface area contributed by atoms with E-state index in [0.29, 0.717) is 0 Å². The van der Waals surface area contributed by atoms with Gasteiger partial charge < -0.3 is 15.5 Å². The van der Waals surface area contributed by atoms with E-state index < -0.39 is 0 Å². The molecule has 4 rings (SSSR count). The summed E-state index contributed by atoms with van der Waals surface area (Å²) in [6.07, 6.45) is 3.92. The molecule has 0 bridgehead atoms. The average molecular weight is 363 g/mol. The largest absolute Gasteiger partial charge is 0.326 e. The number of likely N-dealkylation sites (tertiary alicyclic amines) is 1. The van der Waals surface area contributed by atoms with Crippen molar-refractivity contribution in [1.29, 1.82) is 0 Å². The summed E-state index contributed by atoms with van der Waals surface area (Å²) in [5, 5.41) is 5.99. The van der Waals surface area contributed by atoms with E-state index in [1.807, 2.05) is 48.2 Å². The van der Waals surface area contributed by atoms with Gasteiger partial charge in [0.05, 0.1) is 6.04 Å². The van der Waals surface area contributed by atoms with E-state index in [9.17, 15) is 9.59 Å². The minimum Gasteiger partial charge on any atom is -0.326 e. The number of rotatable bonds is 4. The molecule has 5 heteroatoms. The average Bonchev–Trinajstić information content (AvgIpc) is 3.42. The van der Waals surface area contributed by atoms with Crippen LogP contribution in [0.25, 0.3) is 0 Å². The van der Waals surface area contributed by atoms with E-state index in [4.69, 9.17) is 0 Å². The topological polar surface area (TPSA) is 61.4 Å². The molecule has 140 valence electrons. The van der Waals surface area contributed by atoms with Gasteiger partial charge in [-0.2, -0.15) is 0 Å². The maximum absolute atomic E-state index is 12.9. The van der Waals surface area contributed by atoms with Crippen LogP contribution in [0.1, 0.15) is 42.9 Å². The summed E-state index contributed by atoms with van der Waals surface area (Å²) in [5.74, 6) is 0.223. The number of benzene rings is 2. The van der Waals surface area contributed by atoms with Crippen LogP contribution in [0, 0.1) is 12.8 Å². The fourth-order valence-corrected chi connectivity index (χ4v) is 3.64. The second-order valence-electron chi connectivity index (χ2n) is 7.49. The number of aryl methyl sites for hydroxylation is 1. The summed E-state index contributed by atoms with van der Waals surface area (Å²) in [6.45, 7) is 2.71. The molecule has 3 amide bonds. The van der Waals surface area contributed by atoms with Crippen molar-refractivity contribution in [3.63, 3.8) is 0 Å². The molecule has 1 heterocycles. The van der Waals surface area contributed by atoms with E-state index in [1.54, 1.807) is 0 Å². The van der Waals surface area contributed by atoms with Gasteiger partial charge in [0.15, 0.2) is 0 Å². The smallest absolute Gasteiger partial charge is 0.322 e. The maximum atomic E-state index is 12.9. The molecule has 2 fully saturated rings. The Kier molecular flexibility index (Phi) is 4.84. The molecular weight excluding hydrogens is 338 g/mol. The molecule has 1 saturated heterocycles. The van der Waals surface area contributed by atoms with Gasteiger partial charge in [0.1, 0.15) is 0 Å².